The van der Waals surface area contributed by atoms with Crippen molar-refractivity contribution in [2.75, 3.05) is 6.54 Å². The lowest BCUT2D eigenvalue weighted by atomic mass is 10.2. The van der Waals surface area contributed by atoms with Crippen molar-refractivity contribution in [1.29, 1.82) is 0 Å². The summed E-state index contributed by atoms with van der Waals surface area (Å²) in [7, 11) is 0. The molecule has 2 rings (SSSR count). The SMILES string of the molecule is CCCn1ncc(C(=O)NC[C@H](C)n2nc(C)cc2C)c1C. The van der Waals surface area contributed by atoms with Crippen molar-refractivity contribution in [2.45, 2.75) is 53.6 Å². The number of aromatic nitrogens is 4. The zero-order chi connectivity index (χ0) is 16.3. The molecule has 2 aromatic rings. The normalized spacial score (nSPS) is 12.4. The van der Waals surface area contributed by atoms with E-state index in [0.29, 0.717) is 12.1 Å². The molecule has 6 nitrogen and oxygen atoms in total. The van der Waals surface area contributed by atoms with Crippen molar-refractivity contribution in [1.82, 2.24) is 24.9 Å². The summed E-state index contributed by atoms with van der Waals surface area (Å²) in [6.07, 6.45) is 2.65. The van der Waals surface area contributed by atoms with Crippen LogP contribution in [0.1, 0.15) is 53.7 Å². The average molecular weight is 303 g/mol. The lowest BCUT2D eigenvalue weighted by molar-refractivity contribution is 0.0947. The molecular formula is C16H25N5O. The van der Waals surface area contributed by atoms with Gasteiger partial charge in [0.05, 0.1) is 23.5 Å². The van der Waals surface area contributed by atoms with Crippen LogP contribution in [0.3, 0.4) is 0 Å². The first kappa shape index (κ1) is 16.3. The molecule has 0 aliphatic carbocycles. The molecule has 2 heterocycles. The van der Waals surface area contributed by atoms with E-state index < -0.39 is 0 Å². The fraction of sp³-hybridized carbons (Fsp3) is 0.562. The van der Waals surface area contributed by atoms with Crippen molar-refractivity contribution in [2.24, 2.45) is 0 Å². The summed E-state index contributed by atoms with van der Waals surface area (Å²) in [4.78, 5) is 12.3. The van der Waals surface area contributed by atoms with Crippen molar-refractivity contribution in [3.63, 3.8) is 0 Å². The highest BCUT2D eigenvalue weighted by atomic mass is 16.1. The maximum absolute atomic E-state index is 12.3. The molecule has 0 radical (unpaired) electrons. The van der Waals surface area contributed by atoms with Gasteiger partial charge in [0.15, 0.2) is 0 Å². The average Bonchev–Trinajstić information content (AvgIpc) is 3.00. The summed E-state index contributed by atoms with van der Waals surface area (Å²) >= 11 is 0. The largest absolute Gasteiger partial charge is 0.350 e. The Kier molecular flexibility index (Phi) is 5.00. The van der Waals surface area contributed by atoms with E-state index in [4.69, 9.17) is 0 Å². The number of aryl methyl sites for hydroxylation is 3. The summed E-state index contributed by atoms with van der Waals surface area (Å²) in [6.45, 7) is 11.4. The lowest BCUT2D eigenvalue weighted by Crippen LogP contribution is -2.30. The molecule has 1 N–H and O–H groups in total. The number of carbonyl (C=O) groups excluding carboxylic acids is 1. The van der Waals surface area contributed by atoms with E-state index in [2.05, 4.69) is 22.4 Å². The second kappa shape index (κ2) is 6.77. The molecule has 0 bridgehead atoms. The number of rotatable bonds is 6. The molecule has 120 valence electrons. The van der Waals surface area contributed by atoms with Crippen LogP contribution in [0, 0.1) is 20.8 Å². The summed E-state index contributed by atoms with van der Waals surface area (Å²) < 4.78 is 3.82. The van der Waals surface area contributed by atoms with Gasteiger partial charge in [-0.25, -0.2) is 0 Å². The lowest BCUT2D eigenvalue weighted by Gasteiger charge is -2.15. The quantitative estimate of drug-likeness (QED) is 0.891. The second-order valence-electron chi connectivity index (χ2n) is 5.80. The first-order chi connectivity index (χ1) is 10.4. The van der Waals surface area contributed by atoms with E-state index in [-0.39, 0.29) is 11.9 Å². The Labute approximate surface area is 131 Å². The van der Waals surface area contributed by atoms with Crippen LogP contribution in [-0.4, -0.2) is 32.0 Å². The minimum atomic E-state index is -0.0757. The molecule has 0 fully saturated rings. The molecule has 22 heavy (non-hydrogen) atoms. The number of nitrogens with zero attached hydrogens (tertiary/aromatic N) is 4. The number of amides is 1. The van der Waals surface area contributed by atoms with Crippen molar-refractivity contribution < 1.29 is 4.79 Å². The third-order valence-electron chi connectivity index (χ3n) is 3.80. The van der Waals surface area contributed by atoms with Gasteiger partial charge in [-0.3, -0.25) is 14.2 Å². The molecule has 0 unspecified atom stereocenters. The Morgan fingerprint density at radius 1 is 1.36 bits per heavy atom. The van der Waals surface area contributed by atoms with Gasteiger partial charge in [-0.1, -0.05) is 6.92 Å². The smallest absolute Gasteiger partial charge is 0.254 e. The number of hydrogen-bond acceptors (Lipinski definition) is 3. The molecule has 0 aliphatic rings. The highest BCUT2D eigenvalue weighted by Gasteiger charge is 2.16. The third kappa shape index (κ3) is 3.37. The topological polar surface area (TPSA) is 64.7 Å². The van der Waals surface area contributed by atoms with E-state index in [1.165, 1.54) is 0 Å². The van der Waals surface area contributed by atoms with Gasteiger partial charge in [0.1, 0.15) is 0 Å². The molecule has 0 aliphatic heterocycles. The van der Waals surface area contributed by atoms with Crippen LogP contribution in [-0.2, 0) is 6.54 Å². The van der Waals surface area contributed by atoms with Gasteiger partial charge in [0.25, 0.3) is 5.91 Å². The van der Waals surface area contributed by atoms with E-state index in [1.807, 2.05) is 43.1 Å². The first-order valence-corrected chi connectivity index (χ1v) is 7.77. The molecule has 0 saturated heterocycles. The van der Waals surface area contributed by atoms with Crippen LogP contribution in [0.25, 0.3) is 0 Å². The molecular weight excluding hydrogens is 278 g/mol. The van der Waals surface area contributed by atoms with Gasteiger partial charge < -0.3 is 5.32 Å². The maximum Gasteiger partial charge on any atom is 0.254 e. The molecule has 2 aromatic heterocycles. The Morgan fingerprint density at radius 2 is 2.09 bits per heavy atom. The Morgan fingerprint density at radius 3 is 2.68 bits per heavy atom. The molecule has 0 saturated carbocycles. The van der Waals surface area contributed by atoms with Gasteiger partial charge in [0.2, 0.25) is 0 Å². The zero-order valence-corrected chi connectivity index (χ0v) is 14.1. The summed E-state index contributed by atoms with van der Waals surface area (Å²) in [6, 6.07) is 2.15. The summed E-state index contributed by atoms with van der Waals surface area (Å²) in [5, 5.41) is 11.7. The highest BCUT2D eigenvalue weighted by Crippen LogP contribution is 2.11. The van der Waals surface area contributed by atoms with Crippen LogP contribution in [0.5, 0.6) is 0 Å². The van der Waals surface area contributed by atoms with Gasteiger partial charge in [-0.05, 0) is 40.2 Å². The third-order valence-corrected chi connectivity index (χ3v) is 3.80. The van der Waals surface area contributed by atoms with Crippen LogP contribution in [0.2, 0.25) is 0 Å². The predicted molar refractivity (Wildman–Crippen MR) is 86.0 cm³/mol. The van der Waals surface area contributed by atoms with Gasteiger partial charge in [-0.2, -0.15) is 10.2 Å². The van der Waals surface area contributed by atoms with Gasteiger partial charge in [0, 0.05) is 24.5 Å². The monoisotopic (exact) mass is 303 g/mol. The van der Waals surface area contributed by atoms with Crippen molar-refractivity contribution in [3.8, 4) is 0 Å². The minimum Gasteiger partial charge on any atom is -0.350 e. The molecule has 0 aromatic carbocycles. The summed E-state index contributed by atoms with van der Waals surface area (Å²) in [5.74, 6) is -0.0757. The second-order valence-corrected chi connectivity index (χ2v) is 5.80. The fourth-order valence-electron chi connectivity index (χ4n) is 2.62. The van der Waals surface area contributed by atoms with Gasteiger partial charge >= 0.3 is 0 Å². The van der Waals surface area contributed by atoms with Gasteiger partial charge in [-0.15, -0.1) is 0 Å². The Hall–Kier alpha value is -2.11. The van der Waals surface area contributed by atoms with Crippen LogP contribution in [0.15, 0.2) is 12.3 Å². The molecule has 0 spiro atoms. The van der Waals surface area contributed by atoms with E-state index >= 15 is 0 Å². The fourth-order valence-corrected chi connectivity index (χ4v) is 2.62. The predicted octanol–water partition coefficient (Wildman–Crippen LogP) is 2.41. The van der Waals surface area contributed by atoms with E-state index in [0.717, 1.165) is 30.0 Å². The minimum absolute atomic E-state index is 0.0757. The number of carbonyl (C=O) groups is 1. The Balaban J connectivity index is 1.99. The number of nitrogens with one attached hydrogen (secondary N) is 1. The van der Waals surface area contributed by atoms with E-state index in [9.17, 15) is 4.79 Å². The maximum atomic E-state index is 12.3. The first-order valence-electron chi connectivity index (χ1n) is 7.77. The molecule has 6 heteroatoms. The van der Waals surface area contributed by atoms with Crippen LogP contribution < -0.4 is 5.32 Å². The highest BCUT2D eigenvalue weighted by molar-refractivity contribution is 5.95. The van der Waals surface area contributed by atoms with Crippen LogP contribution in [0.4, 0.5) is 0 Å². The van der Waals surface area contributed by atoms with Crippen molar-refractivity contribution >= 4 is 5.91 Å². The standard InChI is InChI=1S/C16H25N5O/c1-6-7-20-14(5)15(10-18-20)16(22)17-9-13(4)21-12(3)8-11(2)19-21/h8,10,13H,6-7,9H2,1-5H3,(H,17,22)/t13-/m0/s1. The van der Waals surface area contributed by atoms with E-state index in [1.54, 1.807) is 6.20 Å². The zero-order valence-electron chi connectivity index (χ0n) is 14.1. The molecule has 1 atom stereocenters. The van der Waals surface area contributed by atoms with Crippen LogP contribution >= 0.6 is 0 Å². The Bertz CT molecular complexity index is 656. The molecule has 1 amide bonds. The summed E-state index contributed by atoms with van der Waals surface area (Å²) in [5.41, 5.74) is 3.66. The van der Waals surface area contributed by atoms with Crippen molar-refractivity contribution in [3.05, 3.63) is 34.9 Å². The number of hydrogen-bond donors (Lipinski definition) is 1.